The minimum atomic E-state index is -0.815. The van der Waals surface area contributed by atoms with Crippen molar-refractivity contribution in [3.05, 3.63) is 83.2 Å². The monoisotopic (exact) mass is 496 g/mol. The topological polar surface area (TPSA) is 105 Å². The fourth-order valence-electron chi connectivity index (χ4n) is 4.70. The predicted octanol–water partition coefficient (Wildman–Crippen LogP) is 5.30. The highest BCUT2D eigenvalue weighted by molar-refractivity contribution is 6.11. The molecule has 0 radical (unpaired) electrons. The summed E-state index contributed by atoms with van der Waals surface area (Å²) < 4.78 is 6.14. The van der Waals surface area contributed by atoms with Gasteiger partial charge >= 0.3 is 5.97 Å². The molecule has 3 heterocycles. The van der Waals surface area contributed by atoms with E-state index in [1.54, 1.807) is 12.4 Å². The van der Waals surface area contributed by atoms with Crippen LogP contribution in [0, 0.1) is 6.92 Å². The number of benzene rings is 2. The summed E-state index contributed by atoms with van der Waals surface area (Å²) >= 11 is 0. The summed E-state index contributed by atoms with van der Waals surface area (Å²) in [7, 11) is 0. The highest BCUT2D eigenvalue weighted by Gasteiger charge is 2.27. The van der Waals surface area contributed by atoms with Crippen molar-refractivity contribution >= 4 is 40.0 Å². The Morgan fingerprint density at radius 2 is 1.86 bits per heavy atom. The number of ether oxygens (including phenoxy) is 1. The van der Waals surface area contributed by atoms with Gasteiger partial charge in [0.25, 0.3) is 5.91 Å². The molecule has 0 saturated carbocycles. The lowest BCUT2D eigenvalue weighted by Crippen LogP contribution is -2.20. The van der Waals surface area contributed by atoms with Crippen molar-refractivity contribution in [1.29, 1.82) is 0 Å². The third kappa shape index (κ3) is 4.82. The van der Waals surface area contributed by atoms with E-state index in [1.807, 2.05) is 67.3 Å². The number of amides is 1. The molecule has 188 valence electrons. The number of hydrogen-bond donors (Lipinski definition) is 2. The third-order valence-electron chi connectivity index (χ3n) is 6.60. The van der Waals surface area contributed by atoms with Crippen molar-refractivity contribution in [2.24, 2.45) is 0 Å². The maximum absolute atomic E-state index is 13.1. The van der Waals surface area contributed by atoms with E-state index in [2.05, 4.69) is 15.3 Å². The van der Waals surface area contributed by atoms with Gasteiger partial charge in [0.2, 0.25) is 0 Å². The zero-order valence-electron chi connectivity index (χ0n) is 20.8. The van der Waals surface area contributed by atoms with E-state index in [0.717, 1.165) is 33.2 Å². The van der Waals surface area contributed by atoms with E-state index in [4.69, 9.17) is 9.84 Å². The fraction of sp³-hybridized carbons (Fsp3) is 0.241. The summed E-state index contributed by atoms with van der Waals surface area (Å²) in [5, 5.41) is 14.0. The number of aliphatic carboxylic acids is 1. The van der Waals surface area contributed by atoms with Crippen molar-refractivity contribution in [3.8, 4) is 5.75 Å². The molecule has 0 saturated heterocycles. The van der Waals surface area contributed by atoms with Crippen LogP contribution in [0.5, 0.6) is 5.75 Å². The molecule has 5 rings (SSSR count). The van der Waals surface area contributed by atoms with Crippen molar-refractivity contribution in [1.82, 2.24) is 9.97 Å². The molecule has 1 aliphatic heterocycles. The van der Waals surface area contributed by atoms with Crippen LogP contribution in [0.4, 0.5) is 17.3 Å². The molecule has 0 unspecified atom stereocenters. The summed E-state index contributed by atoms with van der Waals surface area (Å²) in [5.74, 6) is 0.997. The van der Waals surface area contributed by atoms with E-state index in [9.17, 15) is 9.59 Å². The average Bonchev–Trinajstić information content (AvgIpc) is 3.02. The van der Waals surface area contributed by atoms with Gasteiger partial charge in [-0.2, -0.15) is 0 Å². The molecule has 1 aliphatic rings. The van der Waals surface area contributed by atoms with Gasteiger partial charge in [-0.3, -0.25) is 9.59 Å². The predicted molar refractivity (Wildman–Crippen MR) is 143 cm³/mol. The van der Waals surface area contributed by atoms with Crippen LogP contribution in [0.2, 0.25) is 0 Å². The third-order valence-corrected chi connectivity index (χ3v) is 6.60. The first-order valence-corrected chi connectivity index (χ1v) is 12.3. The molecule has 8 heteroatoms. The van der Waals surface area contributed by atoms with Crippen LogP contribution in [-0.4, -0.2) is 40.1 Å². The van der Waals surface area contributed by atoms with Crippen LogP contribution in [0.25, 0.3) is 10.8 Å². The molecule has 0 fully saturated rings. The number of nitrogens with one attached hydrogen (secondary N) is 1. The number of nitrogens with zero attached hydrogens (tertiary/aromatic N) is 3. The summed E-state index contributed by atoms with van der Waals surface area (Å²) in [4.78, 5) is 35.3. The first-order chi connectivity index (χ1) is 18.0. The fourth-order valence-corrected chi connectivity index (χ4v) is 4.70. The number of aromatic nitrogens is 2. The maximum atomic E-state index is 13.1. The smallest absolute Gasteiger partial charge is 0.303 e. The molecule has 2 aromatic carbocycles. The molecule has 2 aromatic heterocycles. The number of carboxylic acid groups (broad SMARTS) is 1. The Morgan fingerprint density at radius 3 is 2.65 bits per heavy atom. The van der Waals surface area contributed by atoms with Crippen molar-refractivity contribution in [2.45, 2.75) is 33.1 Å². The second-order valence-corrected chi connectivity index (χ2v) is 9.00. The number of rotatable bonds is 8. The Hall–Kier alpha value is -4.46. The largest absolute Gasteiger partial charge is 0.493 e. The Bertz CT molecular complexity index is 1500. The maximum Gasteiger partial charge on any atom is 0.303 e. The van der Waals surface area contributed by atoms with Gasteiger partial charge in [0.05, 0.1) is 17.9 Å². The first kappa shape index (κ1) is 24.2. The molecular formula is C29H28N4O4. The molecule has 0 bridgehead atoms. The van der Waals surface area contributed by atoms with Crippen LogP contribution in [-0.2, 0) is 17.6 Å². The summed E-state index contributed by atoms with van der Waals surface area (Å²) in [5.41, 5.74) is 4.03. The van der Waals surface area contributed by atoms with E-state index in [-0.39, 0.29) is 12.3 Å². The van der Waals surface area contributed by atoms with Crippen LogP contribution in [0.15, 0.2) is 60.9 Å². The standard InChI is InChI=1S/C29H28N4O4/c1-3-33-27-23(29(36)32-26-18(2)12-14-30-28(26)33)16-19(17-31-27)13-15-37-24-10-8-20(9-11-25(34)35)21-6-4-5-7-22(21)24/h4-8,10,12,14,16-17H,3,9,11,13,15H2,1-2H3,(H,32,36)(H,34,35). The summed E-state index contributed by atoms with van der Waals surface area (Å²) in [6.07, 6.45) is 4.64. The van der Waals surface area contributed by atoms with Gasteiger partial charge in [0.15, 0.2) is 5.82 Å². The van der Waals surface area contributed by atoms with Crippen molar-refractivity contribution < 1.29 is 19.4 Å². The lowest BCUT2D eigenvalue weighted by Gasteiger charge is -2.22. The van der Waals surface area contributed by atoms with Gasteiger partial charge in [-0.05, 0) is 60.5 Å². The second kappa shape index (κ2) is 10.3. The highest BCUT2D eigenvalue weighted by Crippen LogP contribution is 2.37. The zero-order chi connectivity index (χ0) is 25.9. The highest BCUT2D eigenvalue weighted by atomic mass is 16.5. The van der Waals surface area contributed by atoms with Crippen molar-refractivity contribution in [2.75, 3.05) is 23.4 Å². The zero-order valence-corrected chi connectivity index (χ0v) is 20.8. The van der Waals surface area contributed by atoms with Crippen molar-refractivity contribution in [3.63, 3.8) is 0 Å². The van der Waals surface area contributed by atoms with Crippen LogP contribution >= 0.6 is 0 Å². The number of fused-ring (bicyclic) bond motifs is 3. The van der Waals surface area contributed by atoms with E-state index < -0.39 is 5.97 Å². The lowest BCUT2D eigenvalue weighted by molar-refractivity contribution is -0.136. The number of hydrogen-bond acceptors (Lipinski definition) is 6. The van der Waals surface area contributed by atoms with E-state index >= 15 is 0 Å². The number of aryl methyl sites for hydroxylation is 2. The molecular weight excluding hydrogens is 468 g/mol. The molecule has 2 N–H and O–H groups in total. The molecule has 0 spiro atoms. The van der Waals surface area contributed by atoms with Crippen LogP contribution in [0.3, 0.4) is 0 Å². The van der Waals surface area contributed by atoms with Gasteiger partial charge in [0.1, 0.15) is 11.6 Å². The average molecular weight is 497 g/mol. The van der Waals surface area contributed by atoms with Gasteiger partial charge < -0.3 is 20.1 Å². The Balaban J connectivity index is 1.35. The number of pyridine rings is 2. The molecule has 8 nitrogen and oxygen atoms in total. The summed E-state index contributed by atoms with van der Waals surface area (Å²) in [6, 6.07) is 15.4. The van der Waals surface area contributed by atoms with Crippen LogP contribution in [0.1, 0.15) is 40.4 Å². The minimum Gasteiger partial charge on any atom is -0.493 e. The van der Waals surface area contributed by atoms with Crippen LogP contribution < -0.4 is 15.0 Å². The first-order valence-electron chi connectivity index (χ1n) is 12.3. The summed E-state index contributed by atoms with van der Waals surface area (Å²) in [6.45, 7) is 4.98. The number of carbonyl (C=O) groups is 2. The number of carboxylic acids is 1. The van der Waals surface area contributed by atoms with Gasteiger partial charge in [-0.15, -0.1) is 0 Å². The lowest BCUT2D eigenvalue weighted by atomic mass is 10.00. The van der Waals surface area contributed by atoms with Gasteiger partial charge in [0, 0.05) is 37.2 Å². The SMILES string of the molecule is CCN1c2ncc(CCOc3ccc(CCC(=O)O)c4ccccc34)cc2C(=O)Nc2c(C)ccnc21. The van der Waals surface area contributed by atoms with Gasteiger partial charge in [-0.1, -0.05) is 30.3 Å². The molecule has 4 aromatic rings. The Kier molecular flexibility index (Phi) is 6.72. The molecule has 1 amide bonds. The Labute approximate surface area is 214 Å². The van der Waals surface area contributed by atoms with Gasteiger partial charge in [-0.25, -0.2) is 9.97 Å². The molecule has 0 atom stereocenters. The normalized spacial score (nSPS) is 12.5. The van der Waals surface area contributed by atoms with E-state index in [0.29, 0.717) is 48.9 Å². The quantitative estimate of drug-likeness (QED) is 0.341. The molecule has 37 heavy (non-hydrogen) atoms. The molecule has 0 aliphatic carbocycles. The second-order valence-electron chi connectivity index (χ2n) is 9.00. The Morgan fingerprint density at radius 1 is 1.05 bits per heavy atom. The number of anilines is 3. The number of carbonyl (C=O) groups excluding carboxylic acids is 1. The van der Waals surface area contributed by atoms with E-state index in [1.165, 1.54) is 0 Å². The minimum absolute atomic E-state index is 0.0826.